The van der Waals surface area contributed by atoms with Gasteiger partial charge < -0.3 is 9.64 Å². The maximum absolute atomic E-state index is 12.6. The molecule has 1 aromatic carbocycles. The van der Waals surface area contributed by atoms with Gasteiger partial charge in [0.2, 0.25) is 0 Å². The van der Waals surface area contributed by atoms with Gasteiger partial charge in [-0.25, -0.2) is 13.4 Å². The van der Waals surface area contributed by atoms with Crippen LogP contribution in [0.25, 0.3) is 11.3 Å². The lowest BCUT2D eigenvalue weighted by Gasteiger charge is -2.25. The van der Waals surface area contributed by atoms with Crippen LogP contribution in [-0.4, -0.2) is 74.5 Å². The van der Waals surface area contributed by atoms with Crippen LogP contribution in [0.1, 0.15) is 10.6 Å². The Labute approximate surface area is 179 Å². The van der Waals surface area contributed by atoms with Crippen molar-refractivity contribution in [1.29, 1.82) is 0 Å². The number of thiazole rings is 1. The van der Waals surface area contributed by atoms with Crippen LogP contribution < -0.4 is 4.90 Å². The van der Waals surface area contributed by atoms with Crippen molar-refractivity contribution in [3.05, 3.63) is 34.2 Å². The first kappa shape index (κ1) is 21.0. The number of carbonyl (C=O) groups is 2. The quantitative estimate of drug-likeness (QED) is 0.635. The molecule has 0 aliphatic carbocycles. The van der Waals surface area contributed by atoms with Gasteiger partial charge in [-0.3, -0.25) is 14.5 Å². The van der Waals surface area contributed by atoms with Gasteiger partial charge in [0.05, 0.1) is 28.8 Å². The van der Waals surface area contributed by atoms with Crippen LogP contribution >= 0.6 is 11.3 Å². The molecule has 30 heavy (non-hydrogen) atoms. The van der Waals surface area contributed by atoms with E-state index in [1.807, 2.05) is 24.4 Å². The monoisotopic (exact) mass is 449 g/mol. The molecule has 2 aliphatic heterocycles. The molecule has 0 unspecified atom stereocenters. The van der Waals surface area contributed by atoms with Crippen LogP contribution in [0, 0.1) is 6.92 Å². The Morgan fingerprint density at radius 1 is 1.20 bits per heavy atom. The number of rotatable bonds is 5. The van der Waals surface area contributed by atoms with Gasteiger partial charge in [-0.05, 0) is 31.0 Å². The van der Waals surface area contributed by atoms with E-state index < -0.39 is 15.8 Å². The summed E-state index contributed by atoms with van der Waals surface area (Å²) in [6.07, 6.45) is 0.744. The predicted molar refractivity (Wildman–Crippen MR) is 114 cm³/mol. The van der Waals surface area contributed by atoms with Gasteiger partial charge in [-0.1, -0.05) is 6.07 Å². The molecule has 1 saturated heterocycles. The predicted octanol–water partition coefficient (Wildman–Crippen LogP) is 1.28. The Morgan fingerprint density at radius 2 is 1.97 bits per heavy atom. The van der Waals surface area contributed by atoms with Gasteiger partial charge in [-0.2, -0.15) is 0 Å². The molecule has 1 aromatic heterocycles. The van der Waals surface area contributed by atoms with E-state index in [-0.39, 0.29) is 30.6 Å². The zero-order valence-electron chi connectivity index (χ0n) is 16.7. The Morgan fingerprint density at radius 3 is 2.67 bits per heavy atom. The van der Waals surface area contributed by atoms with Crippen LogP contribution in [0.15, 0.2) is 23.6 Å². The van der Waals surface area contributed by atoms with E-state index in [9.17, 15) is 18.0 Å². The molecule has 0 radical (unpaired) electrons. The molecular formula is C20H23N3O5S2. The molecule has 0 spiro atoms. The van der Waals surface area contributed by atoms with Crippen LogP contribution in [-0.2, 0) is 30.6 Å². The summed E-state index contributed by atoms with van der Waals surface area (Å²) in [5.74, 6) is -0.685. The third-order valence-electron chi connectivity index (χ3n) is 5.34. The normalized spacial score (nSPS) is 18.2. The lowest BCUT2D eigenvalue weighted by atomic mass is 10.1. The molecule has 0 bridgehead atoms. The fourth-order valence-electron chi connectivity index (χ4n) is 3.67. The Hall–Kier alpha value is -2.30. The zero-order valence-corrected chi connectivity index (χ0v) is 18.3. The second-order valence-electron chi connectivity index (χ2n) is 7.48. The highest BCUT2D eigenvalue weighted by Crippen LogP contribution is 2.32. The van der Waals surface area contributed by atoms with E-state index in [0.717, 1.165) is 33.9 Å². The number of carbonyl (C=O) groups excluding carboxylic acids is 2. The van der Waals surface area contributed by atoms with Crippen LogP contribution in [0.4, 0.5) is 5.69 Å². The summed E-state index contributed by atoms with van der Waals surface area (Å²) < 4.78 is 28.1. The number of aryl methyl sites for hydroxylation is 1. The summed E-state index contributed by atoms with van der Waals surface area (Å²) in [6.45, 7) is 2.82. The number of hydrogen-bond donors (Lipinski definition) is 0. The minimum atomic E-state index is -2.99. The van der Waals surface area contributed by atoms with E-state index in [0.29, 0.717) is 19.6 Å². The van der Waals surface area contributed by atoms with Crippen molar-refractivity contribution < 1.29 is 22.7 Å². The van der Waals surface area contributed by atoms with E-state index in [1.165, 1.54) is 0 Å². The average molecular weight is 450 g/mol. The number of hydrogen-bond acceptors (Lipinski definition) is 8. The summed E-state index contributed by atoms with van der Waals surface area (Å²) >= 11 is 1.60. The fraction of sp³-hybridized carbons (Fsp3) is 0.450. The Bertz CT molecular complexity index is 1070. The van der Waals surface area contributed by atoms with Crippen LogP contribution in [0.3, 0.4) is 0 Å². The van der Waals surface area contributed by atoms with Crippen molar-refractivity contribution in [3.8, 4) is 11.3 Å². The molecule has 3 heterocycles. The number of ether oxygens (including phenoxy) is 1. The molecule has 0 N–H and O–H groups in total. The number of nitrogens with zero attached hydrogens (tertiary/aromatic N) is 3. The second-order valence-corrected chi connectivity index (χ2v) is 10.8. The van der Waals surface area contributed by atoms with E-state index in [2.05, 4.69) is 11.1 Å². The summed E-state index contributed by atoms with van der Waals surface area (Å²) in [4.78, 5) is 32.5. The van der Waals surface area contributed by atoms with E-state index >= 15 is 0 Å². The number of amides is 1. The van der Waals surface area contributed by atoms with Crippen molar-refractivity contribution in [1.82, 2.24) is 9.88 Å². The van der Waals surface area contributed by atoms with Gasteiger partial charge in [0.1, 0.15) is 0 Å². The van der Waals surface area contributed by atoms with Crippen molar-refractivity contribution in [2.24, 2.45) is 0 Å². The summed E-state index contributed by atoms with van der Waals surface area (Å²) in [5, 5.41) is 3.03. The largest absolute Gasteiger partial charge is 0.455 e. The molecule has 8 nitrogen and oxygen atoms in total. The number of sulfone groups is 1. The molecule has 1 amide bonds. The van der Waals surface area contributed by atoms with E-state index in [1.54, 1.807) is 21.1 Å². The number of benzene rings is 1. The smallest absolute Gasteiger partial charge is 0.320 e. The molecule has 2 aliphatic rings. The first-order valence-electron chi connectivity index (χ1n) is 9.75. The standard InChI is InChI=1S/C20H23N3O5S2/c1-14-21-17(13-29-14)15-2-3-18-16(10-15)4-5-23(18)19(24)12-28-20(25)11-22-6-8-30(26,27)9-7-22/h2-3,10,13H,4-9,11-12H2,1H3. The highest BCUT2D eigenvalue weighted by atomic mass is 32.2. The lowest BCUT2D eigenvalue weighted by molar-refractivity contribution is -0.148. The molecular weight excluding hydrogens is 426 g/mol. The summed E-state index contributed by atoms with van der Waals surface area (Å²) in [5.41, 5.74) is 3.88. The van der Waals surface area contributed by atoms with Crippen molar-refractivity contribution in [3.63, 3.8) is 0 Å². The minimum Gasteiger partial charge on any atom is -0.455 e. The summed E-state index contributed by atoms with van der Waals surface area (Å²) in [7, 11) is -2.99. The van der Waals surface area contributed by atoms with Gasteiger partial charge in [0.25, 0.3) is 5.91 Å². The average Bonchev–Trinajstić information content (AvgIpc) is 3.33. The first-order chi connectivity index (χ1) is 14.3. The third-order valence-corrected chi connectivity index (χ3v) is 7.72. The summed E-state index contributed by atoms with van der Waals surface area (Å²) in [6, 6.07) is 5.93. The highest BCUT2D eigenvalue weighted by Gasteiger charge is 2.27. The topological polar surface area (TPSA) is 96.9 Å². The zero-order chi connectivity index (χ0) is 21.3. The van der Waals surface area contributed by atoms with Crippen molar-refractivity contribution in [2.75, 3.05) is 49.2 Å². The van der Waals surface area contributed by atoms with Gasteiger partial charge in [-0.15, -0.1) is 11.3 Å². The maximum atomic E-state index is 12.6. The van der Waals surface area contributed by atoms with Crippen LogP contribution in [0.5, 0.6) is 0 Å². The Kier molecular flexibility index (Phi) is 5.90. The van der Waals surface area contributed by atoms with Crippen molar-refractivity contribution in [2.45, 2.75) is 13.3 Å². The molecule has 4 rings (SSSR count). The second kappa shape index (κ2) is 8.44. The van der Waals surface area contributed by atoms with E-state index in [4.69, 9.17) is 4.74 Å². The Balaban J connectivity index is 1.31. The first-order valence-corrected chi connectivity index (χ1v) is 12.4. The van der Waals surface area contributed by atoms with Gasteiger partial charge >= 0.3 is 5.97 Å². The molecule has 0 saturated carbocycles. The molecule has 1 fully saturated rings. The highest BCUT2D eigenvalue weighted by molar-refractivity contribution is 7.91. The molecule has 160 valence electrons. The number of fused-ring (bicyclic) bond motifs is 1. The molecule has 2 aromatic rings. The van der Waals surface area contributed by atoms with Crippen LogP contribution in [0.2, 0.25) is 0 Å². The number of anilines is 1. The van der Waals surface area contributed by atoms with Gasteiger partial charge in [0.15, 0.2) is 16.4 Å². The van der Waals surface area contributed by atoms with Crippen molar-refractivity contribution >= 4 is 38.7 Å². The fourth-order valence-corrected chi connectivity index (χ4v) is 5.57. The maximum Gasteiger partial charge on any atom is 0.320 e. The number of esters is 1. The molecule has 10 heteroatoms. The lowest BCUT2D eigenvalue weighted by Crippen LogP contribution is -2.43. The van der Waals surface area contributed by atoms with Gasteiger partial charge in [0, 0.05) is 36.3 Å². The number of aromatic nitrogens is 1. The molecule has 0 atom stereocenters. The third kappa shape index (κ3) is 4.71. The SMILES string of the molecule is Cc1nc(-c2ccc3c(c2)CCN3C(=O)COC(=O)CN2CCS(=O)(=O)CC2)cs1. The minimum absolute atomic E-state index is 0.00416.